The van der Waals surface area contributed by atoms with Gasteiger partial charge in [-0.1, -0.05) is 33.6 Å². The molecule has 1 aliphatic rings. The van der Waals surface area contributed by atoms with E-state index in [1.807, 2.05) is 0 Å². The Hall–Kier alpha value is -0.0400. The van der Waals surface area contributed by atoms with E-state index in [1.165, 1.54) is 25.7 Å². The third-order valence-electron chi connectivity index (χ3n) is 2.70. The Morgan fingerprint density at radius 3 is 2.27 bits per heavy atom. The lowest BCUT2D eigenvalue weighted by molar-refractivity contribution is 0.297. The van der Waals surface area contributed by atoms with Gasteiger partial charge in [0.05, 0.1) is 0 Å². The van der Waals surface area contributed by atoms with Crippen LogP contribution >= 0.6 is 0 Å². The van der Waals surface area contributed by atoms with Gasteiger partial charge in [0, 0.05) is 6.04 Å². The fourth-order valence-corrected chi connectivity index (χ4v) is 1.25. The molecule has 0 aromatic heterocycles. The third kappa shape index (κ3) is 3.24. The molecule has 0 saturated heterocycles. The van der Waals surface area contributed by atoms with Gasteiger partial charge in [-0.15, -0.1) is 0 Å². The fourth-order valence-electron chi connectivity index (χ4n) is 1.25. The first-order valence-electron chi connectivity index (χ1n) is 4.76. The summed E-state index contributed by atoms with van der Waals surface area (Å²) in [6.07, 6.45) is 5.49. The monoisotopic (exact) mass is 155 g/mol. The highest BCUT2D eigenvalue weighted by atomic mass is 14.7. The maximum Gasteiger partial charge on any atom is 0.00877 e. The Morgan fingerprint density at radius 1 is 1.36 bits per heavy atom. The average molecular weight is 155 g/mol. The van der Waals surface area contributed by atoms with Crippen LogP contribution in [0.25, 0.3) is 0 Å². The Morgan fingerprint density at radius 2 is 1.91 bits per heavy atom. The SMILES string of the molecule is CC(C)(C)C(N)CCC1CC1. The first-order valence-corrected chi connectivity index (χ1v) is 4.76. The van der Waals surface area contributed by atoms with Crippen molar-refractivity contribution in [3.05, 3.63) is 0 Å². The van der Waals surface area contributed by atoms with Crippen molar-refractivity contribution in [1.29, 1.82) is 0 Å². The molecule has 1 saturated carbocycles. The molecule has 1 nitrogen and oxygen atoms in total. The van der Waals surface area contributed by atoms with Crippen molar-refractivity contribution in [1.82, 2.24) is 0 Å². The lowest BCUT2D eigenvalue weighted by Gasteiger charge is -2.26. The second kappa shape index (κ2) is 3.14. The number of hydrogen-bond donors (Lipinski definition) is 1. The van der Waals surface area contributed by atoms with Gasteiger partial charge in [-0.05, 0) is 24.2 Å². The molecule has 11 heavy (non-hydrogen) atoms. The summed E-state index contributed by atoms with van der Waals surface area (Å²) in [6.45, 7) is 6.68. The fraction of sp³-hybridized carbons (Fsp3) is 1.00. The van der Waals surface area contributed by atoms with Gasteiger partial charge >= 0.3 is 0 Å². The summed E-state index contributed by atoms with van der Waals surface area (Å²) < 4.78 is 0. The molecule has 0 amide bonds. The zero-order valence-electron chi connectivity index (χ0n) is 8.06. The topological polar surface area (TPSA) is 26.0 Å². The minimum Gasteiger partial charge on any atom is -0.327 e. The Balaban J connectivity index is 2.13. The third-order valence-corrected chi connectivity index (χ3v) is 2.70. The molecule has 0 bridgehead atoms. The summed E-state index contributed by atoms with van der Waals surface area (Å²) in [4.78, 5) is 0. The average Bonchev–Trinajstić information content (AvgIpc) is 2.62. The van der Waals surface area contributed by atoms with E-state index in [4.69, 9.17) is 5.73 Å². The summed E-state index contributed by atoms with van der Waals surface area (Å²) in [5.41, 5.74) is 6.33. The van der Waals surface area contributed by atoms with E-state index in [1.54, 1.807) is 0 Å². The highest BCUT2D eigenvalue weighted by Gasteiger charge is 2.25. The van der Waals surface area contributed by atoms with Crippen LogP contribution in [0, 0.1) is 11.3 Å². The molecular weight excluding hydrogens is 134 g/mol. The summed E-state index contributed by atoms with van der Waals surface area (Å²) in [5, 5.41) is 0. The first kappa shape index (κ1) is 9.05. The second-order valence-corrected chi connectivity index (χ2v) is 4.99. The van der Waals surface area contributed by atoms with E-state index in [0.717, 1.165) is 5.92 Å². The van der Waals surface area contributed by atoms with Crippen molar-refractivity contribution in [3.8, 4) is 0 Å². The second-order valence-electron chi connectivity index (χ2n) is 4.99. The van der Waals surface area contributed by atoms with Crippen molar-refractivity contribution in [2.24, 2.45) is 17.1 Å². The van der Waals surface area contributed by atoms with Crippen LogP contribution in [0.3, 0.4) is 0 Å². The lowest BCUT2D eigenvalue weighted by Crippen LogP contribution is -2.34. The predicted octanol–water partition coefficient (Wildman–Crippen LogP) is 2.55. The van der Waals surface area contributed by atoms with Crippen molar-refractivity contribution in [2.75, 3.05) is 0 Å². The highest BCUT2D eigenvalue weighted by Crippen LogP contribution is 2.35. The van der Waals surface area contributed by atoms with Gasteiger partial charge in [-0.3, -0.25) is 0 Å². The molecule has 1 rings (SSSR count). The quantitative estimate of drug-likeness (QED) is 0.666. The molecular formula is C10H21N. The molecule has 0 spiro atoms. The van der Waals surface area contributed by atoms with Crippen LogP contribution in [0.5, 0.6) is 0 Å². The molecule has 0 aromatic rings. The molecule has 0 aliphatic heterocycles. The zero-order valence-corrected chi connectivity index (χ0v) is 8.06. The standard InChI is InChI=1S/C10H21N/c1-10(2,3)9(11)7-6-8-4-5-8/h8-9H,4-7,11H2,1-3H3. The van der Waals surface area contributed by atoms with Crippen molar-refractivity contribution in [3.63, 3.8) is 0 Å². The molecule has 66 valence electrons. The maximum atomic E-state index is 6.03. The van der Waals surface area contributed by atoms with Crippen molar-refractivity contribution >= 4 is 0 Å². The van der Waals surface area contributed by atoms with Gasteiger partial charge in [-0.25, -0.2) is 0 Å². The molecule has 0 heterocycles. The molecule has 1 fully saturated rings. The number of hydrogen-bond acceptors (Lipinski definition) is 1. The van der Waals surface area contributed by atoms with Crippen LogP contribution in [0.2, 0.25) is 0 Å². The summed E-state index contributed by atoms with van der Waals surface area (Å²) in [5.74, 6) is 1.03. The Bertz CT molecular complexity index is 119. The minimum atomic E-state index is 0.300. The summed E-state index contributed by atoms with van der Waals surface area (Å²) in [7, 11) is 0. The largest absolute Gasteiger partial charge is 0.327 e. The van der Waals surface area contributed by atoms with Gasteiger partial charge < -0.3 is 5.73 Å². The van der Waals surface area contributed by atoms with E-state index < -0.39 is 0 Å². The molecule has 2 N–H and O–H groups in total. The minimum absolute atomic E-state index is 0.300. The summed E-state index contributed by atoms with van der Waals surface area (Å²) >= 11 is 0. The molecule has 1 unspecified atom stereocenters. The van der Waals surface area contributed by atoms with E-state index in [0.29, 0.717) is 11.5 Å². The Kier molecular flexibility index (Phi) is 2.58. The first-order chi connectivity index (χ1) is 5.00. The van der Waals surface area contributed by atoms with Crippen molar-refractivity contribution in [2.45, 2.75) is 52.5 Å². The van der Waals surface area contributed by atoms with Gasteiger partial charge in [0.15, 0.2) is 0 Å². The van der Waals surface area contributed by atoms with E-state index in [2.05, 4.69) is 20.8 Å². The van der Waals surface area contributed by atoms with Crippen LogP contribution < -0.4 is 5.73 Å². The van der Waals surface area contributed by atoms with E-state index >= 15 is 0 Å². The smallest absolute Gasteiger partial charge is 0.00877 e. The molecule has 0 aromatic carbocycles. The molecule has 0 radical (unpaired) electrons. The Labute approximate surface area is 70.4 Å². The van der Waals surface area contributed by atoms with Crippen LogP contribution in [0.15, 0.2) is 0 Å². The normalized spacial score (nSPS) is 21.8. The van der Waals surface area contributed by atoms with Gasteiger partial charge in [0.1, 0.15) is 0 Å². The highest BCUT2D eigenvalue weighted by molar-refractivity contribution is 4.81. The van der Waals surface area contributed by atoms with E-state index in [9.17, 15) is 0 Å². The maximum absolute atomic E-state index is 6.03. The van der Waals surface area contributed by atoms with E-state index in [-0.39, 0.29) is 0 Å². The lowest BCUT2D eigenvalue weighted by atomic mass is 9.84. The predicted molar refractivity (Wildman–Crippen MR) is 49.4 cm³/mol. The summed E-state index contributed by atoms with van der Waals surface area (Å²) in [6, 6.07) is 0.392. The van der Waals surface area contributed by atoms with Crippen LogP contribution in [0.1, 0.15) is 46.5 Å². The number of rotatable bonds is 3. The van der Waals surface area contributed by atoms with Gasteiger partial charge in [0.2, 0.25) is 0 Å². The molecule has 1 heteroatoms. The zero-order chi connectivity index (χ0) is 8.48. The van der Waals surface area contributed by atoms with Crippen LogP contribution in [0.4, 0.5) is 0 Å². The van der Waals surface area contributed by atoms with Gasteiger partial charge in [0.25, 0.3) is 0 Å². The van der Waals surface area contributed by atoms with Crippen LogP contribution in [-0.2, 0) is 0 Å². The van der Waals surface area contributed by atoms with Crippen molar-refractivity contribution < 1.29 is 0 Å². The van der Waals surface area contributed by atoms with Crippen LogP contribution in [-0.4, -0.2) is 6.04 Å². The molecule has 1 atom stereocenters. The molecule has 1 aliphatic carbocycles. The number of nitrogens with two attached hydrogens (primary N) is 1. The van der Waals surface area contributed by atoms with Gasteiger partial charge in [-0.2, -0.15) is 0 Å².